The predicted octanol–water partition coefficient (Wildman–Crippen LogP) is 4.85. The van der Waals surface area contributed by atoms with Crippen molar-refractivity contribution >= 4 is 0 Å². The monoisotopic (exact) mass is 452 g/mol. The van der Waals surface area contributed by atoms with Crippen molar-refractivity contribution in [2.75, 3.05) is 47.6 Å². The highest BCUT2D eigenvalue weighted by Crippen LogP contribution is 2.40. The van der Waals surface area contributed by atoms with E-state index in [1.165, 1.54) is 5.56 Å². The van der Waals surface area contributed by atoms with Gasteiger partial charge in [-0.15, -0.1) is 0 Å². The lowest BCUT2D eigenvalue weighted by atomic mass is 9.69. The van der Waals surface area contributed by atoms with Gasteiger partial charge in [0.25, 0.3) is 0 Å². The van der Waals surface area contributed by atoms with E-state index < -0.39 is 5.41 Å². The van der Waals surface area contributed by atoms with Crippen molar-refractivity contribution in [1.82, 2.24) is 4.90 Å². The molecular weight excluding hydrogens is 416 g/mol. The first-order valence-electron chi connectivity index (χ1n) is 11.6. The first kappa shape index (κ1) is 24.7. The van der Waals surface area contributed by atoms with Crippen LogP contribution < -0.4 is 18.9 Å². The first-order valence-corrected chi connectivity index (χ1v) is 11.6. The Bertz CT molecular complexity index is 947. The quantitative estimate of drug-likeness (QED) is 0.486. The van der Waals surface area contributed by atoms with Crippen LogP contribution in [0.4, 0.5) is 0 Å². The van der Waals surface area contributed by atoms with Gasteiger partial charge >= 0.3 is 0 Å². The average molecular weight is 453 g/mol. The molecule has 1 unspecified atom stereocenters. The molecule has 6 nitrogen and oxygen atoms in total. The normalized spacial score (nSPS) is 14.6. The lowest BCUT2D eigenvalue weighted by Crippen LogP contribution is -2.32. The van der Waals surface area contributed by atoms with Gasteiger partial charge in [0.15, 0.2) is 11.5 Å². The summed E-state index contributed by atoms with van der Waals surface area (Å²) in [6.07, 6.45) is 2.63. The summed E-state index contributed by atoms with van der Waals surface area (Å²) in [6.45, 7) is 7.29. The summed E-state index contributed by atoms with van der Waals surface area (Å²) in [5, 5.41) is 10.3. The van der Waals surface area contributed by atoms with Crippen LogP contribution in [0.1, 0.15) is 37.8 Å². The van der Waals surface area contributed by atoms with Crippen LogP contribution in [0.25, 0.3) is 0 Å². The summed E-state index contributed by atoms with van der Waals surface area (Å²) >= 11 is 0. The van der Waals surface area contributed by atoms with Crippen molar-refractivity contribution in [3.8, 4) is 29.1 Å². The summed E-state index contributed by atoms with van der Waals surface area (Å²) in [6, 6.07) is 14.6. The van der Waals surface area contributed by atoms with Crippen LogP contribution in [-0.2, 0) is 11.8 Å². The van der Waals surface area contributed by atoms with Crippen molar-refractivity contribution in [2.45, 2.75) is 38.5 Å². The van der Waals surface area contributed by atoms with Gasteiger partial charge in [0.1, 0.15) is 24.7 Å². The van der Waals surface area contributed by atoms with Gasteiger partial charge in [-0.1, -0.05) is 19.9 Å². The number of nitrogens with zero attached hydrogens (tertiary/aromatic N) is 2. The van der Waals surface area contributed by atoms with Crippen LogP contribution in [0.15, 0.2) is 36.4 Å². The summed E-state index contributed by atoms with van der Waals surface area (Å²) in [4.78, 5) is 2.32. The van der Waals surface area contributed by atoms with E-state index >= 15 is 0 Å². The fourth-order valence-electron chi connectivity index (χ4n) is 4.38. The van der Waals surface area contributed by atoms with E-state index in [1.807, 2.05) is 24.3 Å². The molecule has 6 heteroatoms. The van der Waals surface area contributed by atoms with Crippen molar-refractivity contribution in [1.29, 1.82) is 5.26 Å². The number of nitriles is 1. The maximum atomic E-state index is 10.3. The van der Waals surface area contributed by atoms with Gasteiger partial charge < -0.3 is 23.8 Å². The SMILES string of the molecule is COc1cc(OC)cc(C(C#N)(CCCN(C)CCc2ccc3c(c2)OCCO3)C(C)C)c1. The maximum Gasteiger partial charge on any atom is 0.161 e. The molecule has 0 bridgehead atoms. The first-order chi connectivity index (χ1) is 15.9. The van der Waals surface area contributed by atoms with Crippen LogP contribution in [-0.4, -0.2) is 52.5 Å². The van der Waals surface area contributed by atoms with Crippen LogP contribution in [0.5, 0.6) is 23.0 Å². The zero-order chi connectivity index (χ0) is 23.8. The van der Waals surface area contributed by atoms with Gasteiger partial charge in [0.2, 0.25) is 0 Å². The van der Waals surface area contributed by atoms with Gasteiger partial charge in [-0.2, -0.15) is 5.26 Å². The fourth-order valence-corrected chi connectivity index (χ4v) is 4.38. The third kappa shape index (κ3) is 5.91. The molecule has 0 saturated carbocycles. The Morgan fingerprint density at radius 3 is 2.27 bits per heavy atom. The molecule has 1 atom stereocenters. The number of hydrogen-bond donors (Lipinski definition) is 0. The molecule has 178 valence electrons. The highest BCUT2D eigenvalue weighted by molar-refractivity contribution is 5.45. The standard InChI is InChI=1S/C27H36N2O4/c1-20(2)27(19-28,22-16-23(30-4)18-24(17-22)31-5)10-6-11-29(3)12-9-21-7-8-25-26(15-21)33-14-13-32-25/h7-8,15-18,20H,6,9-14H2,1-5H3. The molecule has 0 aliphatic carbocycles. The number of fused-ring (bicyclic) bond motifs is 1. The van der Waals surface area contributed by atoms with Crippen molar-refractivity contribution < 1.29 is 18.9 Å². The number of ether oxygens (including phenoxy) is 4. The molecule has 2 aromatic carbocycles. The second-order valence-corrected chi connectivity index (χ2v) is 8.97. The van der Waals surface area contributed by atoms with Gasteiger partial charge in [-0.05, 0) is 74.2 Å². The van der Waals surface area contributed by atoms with Crippen LogP contribution >= 0.6 is 0 Å². The van der Waals surface area contributed by atoms with Gasteiger partial charge in [0.05, 0.1) is 25.7 Å². The Morgan fingerprint density at radius 1 is 1.00 bits per heavy atom. The summed E-state index contributed by atoms with van der Waals surface area (Å²) < 4.78 is 22.2. The van der Waals surface area contributed by atoms with E-state index in [0.717, 1.165) is 49.4 Å². The molecule has 2 aromatic rings. The zero-order valence-electron chi connectivity index (χ0n) is 20.5. The van der Waals surface area contributed by atoms with Crippen LogP contribution in [0.3, 0.4) is 0 Å². The molecule has 0 fully saturated rings. The Hall–Kier alpha value is -2.91. The molecule has 0 aromatic heterocycles. The highest BCUT2D eigenvalue weighted by atomic mass is 16.6. The molecule has 1 heterocycles. The second kappa shape index (κ2) is 11.3. The van der Waals surface area contributed by atoms with Gasteiger partial charge in [0, 0.05) is 12.6 Å². The van der Waals surface area contributed by atoms with Gasteiger partial charge in [-0.3, -0.25) is 0 Å². The zero-order valence-corrected chi connectivity index (χ0v) is 20.5. The Labute approximate surface area is 198 Å². The molecule has 1 aliphatic rings. The molecule has 0 amide bonds. The van der Waals surface area contributed by atoms with Crippen molar-refractivity contribution in [3.05, 3.63) is 47.5 Å². The summed E-state index contributed by atoms with van der Waals surface area (Å²) in [5.74, 6) is 3.24. The smallest absolute Gasteiger partial charge is 0.161 e. The predicted molar refractivity (Wildman–Crippen MR) is 130 cm³/mol. The van der Waals surface area contributed by atoms with Crippen molar-refractivity contribution in [2.24, 2.45) is 5.92 Å². The topological polar surface area (TPSA) is 64.0 Å². The Kier molecular flexibility index (Phi) is 8.46. The molecule has 33 heavy (non-hydrogen) atoms. The number of hydrogen-bond acceptors (Lipinski definition) is 6. The number of likely N-dealkylation sites (N-methyl/N-ethyl adjacent to an activating group) is 1. The molecule has 0 spiro atoms. The molecule has 0 radical (unpaired) electrons. The van der Waals surface area contributed by atoms with E-state index in [1.54, 1.807) is 14.2 Å². The summed E-state index contributed by atoms with van der Waals surface area (Å²) in [5.41, 5.74) is 1.59. The Morgan fingerprint density at radius 2 is 1.67 bits per heavy atom. The number of methoxy groups -OCH3 is 2. The second-order valence-electron chi connectivity index (χ2n) is 8.97. The third-order valence-electron chi connectivity index (χ3n) is 6.55. The van der Waals surface area contributed by atoms with E-state index in [2.05, 4.69) is 44.0 Å². The lowest BCUT2D eigenvalue weighted by molar-refractivity contribution is 0.171. The lowest BCUT2D eigenvalue weighted by Gasteiger charge is -2.32. The maximum absolute atomic E-state index is 10.3. The largest absolute Gasteiger partial charge is 0.497 e. The van der Waals surface area contributed by atoms with E-state index in [0.29, 0.717) is 24.7 Å². The van der Waals surface area contributed by atoms with Crippen LogP contribution in [0, 0.1) is 17.2 Å². The molecular formula is C27H36N2O4. The molecule has 1 aliphatic heterocycles. The molecule has 3 rings (SSSR count). The minimum absolute atomic E-state index is 0.155. The summed E-state index contributed by atoms with van der Waals surface area (Å²) in [7, 11) is 5.41. The number of rotatable bonds is 11. The van der Waals surface area contributed by atoms with Gasteiger partial charge in [-0.25, -0.2) is 0 Å². The average Bonchev–Trinajstić information content (AvgIpc) is 2.84. The minimum atomic E-state index is -0.599. The third-order valence-corrected chi connectivity index (χ3v) is 6.55. The minimum Gasteiger partial charge on any atom is -0.497 e. The van der Waals surface area contributed by atoms with E-state index in [-0.39, 0.29) is 5.92 Å². The fraction of sp³-hybridized carbons (Fsp3) is 0.519. The van der Waals surface area contributed by atoms with Crippen molar-refractivity contribution in [3.63, 3.8) is 0 Å². The van der Waals surface area contributed by atoms with E-state index in [4.69, 9.17) is 18.9 Å². The Balaban J connectivity index is 1.61. The van der Waals surface area contributed by atoms with Crippen LogP contribution in [0.2, 0.25) is 0 Å². The highest BCUT2D eigenvalue weighted by Gasteiger charge is 2.36. The molecule has 0 N–H and O–H groups in total. The number of benzene rings is 2. The van der Waals surface area contributed by atoms with E-state index in [9.17, 15) is 5.26 Å². The molecule has 0 saturated heterocycles.